The number of carbonyl (C=O) groups is 1. The molecule has 4 rings (SSSR count). The van der Waals surface area contributed by atoms with Crippen LogP contribution in [0.3, 0.4) is 0 Å². The van der Waals surface area contributed by atoms with Gasteiger partial charge in [-0.3, -0.25) is 4.79 Å². The zero-order valence-corrected chi connectivity index (χ0v) is 16.5. The van der Waals surface area contributed by atoms with Crippen LogP contribution in [0, 0.1) is 5.92 Å². The fourth-order valence-electron chi connectivity index (χ4n) is 3.48. The molecule has 2 atom stereocenters. The first-order valence-electron chi connectivity index (χ1n) is 9.89. The number of ether oxygens (including phenoxy) is 1. The van der Waals surface area contributed by atoms with E-state index in [0.29, 0.717) is 5.82 Å². The summed E-state index contributed by atoms with van der Waals surface area (Å²) in [6.07, 6.45) is 1.76. The highest BCUT2D eigenvalue weighted by molar-refractivity contribution is 5.87. The molecule has 0 spiro atoms. The van der Waals surface area contributed by atoms with Crippen LogP contribution in [0.5, 0.6) is 6.01 Å². The van der Waals surface area contributed by atoms with Gasteiger partial charge in [-0.2, -0.15) is 9.67 Å². The van der Waals surface area contributed by atoms with Gasteiger partial charge < -0.3 is 4.74 Å². The molecule has 0 radical (unpaired) electrons. The normalized spacial score (nSPS) is 18.3. The summed E-state index contributed by atoms with van der Waals surface area (Å²) in [4.78, 5) is 17.7. The number of hydrogen-bond donors (Lipinski definition) is 0. The highest BCUT2D eigenvalue weighted by Gasteiger charge is 2.45. The molecule has 144 valence electrons. The van der Waals surface area contributed by atoms with E-state index in [2.05, 4.69) is 41.3 Å². The number of rotatable bonds is 6. The fraction of sp³-hybridized carbons (Fsp3) is 0.348. The molecule has 2 unspecified atom stereocenters. The largest absolute Gasteiger partial charge is 0.460 e. The lowest BCUT2D eigenvalue weighted by atomic mass is 10.1. The van der Waals surface area contributed by atoms with Crippen molar-refractivity contribution in [3.63, 3.8) is 0 Å². The van der Waals surface area contributed by atoms with Crippen LogP contribution >= 0.6 is 0 Å². The summed E-state index contributed by atoms with van der Waals surface area (Å²) in [5.41, 5.74) is 3.31. The van der Waals surface area contributed by atoms with Crippen molar-refractivity contribution < 1.29 is 9.53 Å². The standard InChI is InChI=1S/C23H25N3O2/c1-4-16-10-12-18(13-11-16)21-24-23(28-15(2)3)25-26(21)22(27)20-14-19(20)17-8-6-5-7-9-17/h5-13,15,19-20H,4,14H2,1-3H3. The molecule has 0 bridgehead atoms. The lowest BCUT2D eigenvalue weighted by Crippen LogP contribution is -2.17. The number of carbonyl (C=O) groups excluding carboxylic acids is 1. The molecule has 1 heterocycles. The van der Waals surface area contributed by atoms with Crippen LogP contribution in [0.4, 0.5) is 0 Å². The van der Waals surface area contributed by atoms with Crippen LogP contribution in [-0.2, 0) is 6.42 Å². The zero-order valence-electron chi connectivity index (χ0n) is 16.5. The summed E-state index contributed by atoms with van der Waals surface area (Å²) in [6, 6.07) is 18.5. The van der Waals surface area contributed by atoms with Crippen LogP contribution in [0.25, 0.3) is 11.4 Å². The number of nitrogens with zero attached hydrogens (tertiary/aromatic N) is 3. The first kappa shape index (κ1) is 18.4. The van der Waals surface area contributed by atoms with Crippen LogP contribution in [0.15, 0.2) is 54.6 Å². The van der Waals surface area contributed by atoms with E-state index >= 15 is 0 Å². The molecule has 0 N–H and O–H groups in total. The Morgan fingerprint density at radius 2 is 1.86 bits per heavy atom. The van der Waals surface area contributed by atoms with Crippen molar-refractivity contribution in [3.8, 4) is 17.4 Å². The zero-order chi connectivity index (χ0) is 19.7. The van der Waals surface area contributed by atoms with E-state index in [9.17, 15) is 4.79 Å². The van der Waals surface area contributed by atoms with Gasteiger partial charge >= 0.3 is 6.01 Å². The smallest absolute Gasteiger partial charge is 0.336 e. The van der Waals surface area contributed by atoms with Crippen LogP contribution < -0.4 is 4.74 Å². The van der Waals surface area contributed by atoms with Crippen molar-refractivity contribution in [2.75, 3.05) is 0 Å². The highest BCUT2D eigenvalue weighted by Crippen LogP contribution is 2.48. The summed E-state index contributed by atoms with van der Waals surface area (Å²) in [6.45, 7) is 5.96. The summed E-state index contributed by atoms with van der Waals surface area (Å²) in [5.74, 6) is 0.712. The van der Waals surface area contributed by atoms with E-state index in [1.165, 1.54) is 15.8 Å². The van der Waals surface area contributed by atoms with E-state index in [1.54, 1.807) is 0 Å². The van der Waals surface area contributed by atoms with Gasteiger partial charge in [0.05, 0.1) is 6.10 Å². The van der Waals surface area contributed by atoms with Gasteiger partial charge in [0.2, 0.25) is 0 Å². The van der Waals surface area contributed by atoms with Gasteiger partial charge in [-0.1, -0.05) is 61.5 Å². The summed E-state index contributed by atoms with van der Waals surface area (Å²) >= 11 is 0. The molecule has 28 heavy (non-hydrogen) atoms. The average molecular weight is 375 g/mol. The molecule has 3 aromatic rings. The predicted octanol–water partition coefficient (Wildman–Crippen LogP) is 4.74. The molecular formula is C23H25N3O2. The summed E-state index contributed by atoms with van der Waals surface area (Å²) in [5, 5.41) is 4.39. The van der Waals surface area contributed by atoms with Gasteiger partial charge in [0, 0.05) is 11.5 Å². The molecular weight excluding hydrogens is 350 g/mol. The summed E-state index contributed by atoms with van der Waals surface area (Å²) < 4.78 is 7.11. The number of hydrogen-bond acceptors (Lipinski definition) is 4. The molecule has 0 amide bonds. The lowest BCUT2D eigenvalue weighted by molar-refractivity contribution is 0.0865. The first-order valence-corrected chi connectivity index (χ1v) is 9.89. The van der Waals surface area contributed by atoms with E-state index in [0.717, 1.165) is 18.4 Å². The third-order valence-electron chi connectivity index (χ3n) is 5.09. The predicted molar refractivity (Wildman–Crippen MR) is 109 cm³/mol. The average Bonchev–Trinajstić information content (AvgIpc) is 3.41. The Kier molecular flexibility index (Phi) is 4.99. The van der Waals surface area contributed by atoms with Crippen LogP contribution in [0.2, 0.25) is 0 Å². The quantitative estimate of drug-likeness (QED) is 0.624. The second kappa shape index (κ2) is 7.58. The van der Waals surface area contributed by atoms with Gasteiger partial charge in [-0.05, 0) is 43.7 Å². The minimum Gasteiger partial charge on any atom is -0.460 e. The van der Waals surface area contributed by atoms with Crippen LogP contribution in [-0.4, -0.2) is 26.8 Å². The Morgan fingerprint density at radius 1 is 1.14 bits per heavy atom. The Labute approximate surface area is 165 Å². The topological polar surface area (TPSA) is 57.0 Å². The Bertz CT molecular complexity index is 961. The first-order chi connectivity index (χ1) is 13.6. The highest BCUT2D eigenvalue weighted by atomic mass is 16.5. The second-order valence-electron chi connectivity index (χ2n) is 7.54. The molecule has 5 nitrogen and oxygen atoms in total. The Morgan fingerprint density at radius 3 is 2.50 bits per heavy atom. The third kappa shape index (κ3) is 3.70. The minimum absolute atomic E-state index is 0.0190. The van der Waals surface area contributed by atoms with Gasteiger partial charge in [-0.15, -0.1) is 5.10 Å². The maximum absolute atomic E-state index is 13.2. The van der Waals surface area contributed by atoms with Gasteiger partial charge in [0.1, 0.15) is 0 Å². The van der Waals surface area contributed by atoms with Gasteiger partial charge in [0.15, 0.2) is 5.82 Å². The van der Waals surface area contributed by atoms with Gasteiger partial charge in [-0.25, -0.2) is 0 Å². The van der Waals surface area contributed by atoms with Crippen LogP contribution in [0.1, 0.15) is 49.0 Å². The van der Waals surface area contributed by atoms with E-state index in [4.69, 9.17) is 4.74 Å². The third-order valence-corrected chi connectivity index (χ3v) is 5.09. The van der Waals surface area contributed by atoms with Crippen molar-refractivity contribution >= 4 is 5.91 Å². The maximum Gasteiger partial charge on any atom is 0.336 e. The maximum atomic E-state index is 13.2. The lowest BCUT2D eigenvalue weighted by Gasteiger charge is -2.05. The van der Waals surface area contributed by atoms with Crippen molar-refractivity contribution in [2.24, 2.45) is 5.92 Å². The van der Waals surface area contributed by atoms with Crippen molar-refractivity contribution in [1.82, 2.24) is 14.8 Å². The molecule has 1 aromatic heterocycles. The van der Waals surface area contributed by atoms with Crippen molar-refractivity contribution in [2.45, 2.75) is 45.6 Å². The number of benzene rings is 2. The summed E-state index contributed by atoms with van der Waals surface area (Å²) in [7, 11) is 0. The molecule has 1 aliphatic carbocycles. The van der Waals surface area contributed by atoms with Crippen molar-refractivity contribution in [1.29, 1.82) is 0 Å². The van der Waals surface area contributed by atoms with E-state index in [-0.39, 0.29) is 29.9 Å². The second-order valence-corrected chi connectivity index (χ2v) is 7.54. The number of aromatic nitrogens is 3. The molecule has 1 aliphatic rings. The molecule has 5 heteroatoms. The number of aryl methyl sites for hydroxylation is 1. The molecule has 2 aromatic carbocycles. The molecule has 0 aliphatic heterocycles. The monoisotopic (exact) mass is 375 g/mol. The molecule has 0 saturated heterocycles. The van der Waals surface area contributed by atoms with E-state index < -0.39 is 0 Å². The fourth-order valence-corrected chi connectivity index (χ4v) is 3.48. The SMILES string of the molecule is CCc1ccc(-c2nc(OC(C)C)nn2C(=O)C2CC2c2ccccc2)cc1. The minimum atomic E-state index is -0.0651. The van der Waals surface area contributed by atoms with Gasteiger partial charge in [0.25, 0.3) is 5.91 Å². The van der Waals surface area contributed by atoms with E-state index in [1.807, 2.05) is 44.2 Å². The molecule has 1 fully saturated rings. The Balaban J connectivity index is 1.65. The Hall–Kier alpha value is -2.95. The molecule has 1 saturated carbocycles. The van der Waals surface area contributed by atoms with Crippen molar-refractivity contribution in [3.05, 3.63) is 65.7 Å².